The Hall–Kier alpha value is -2.14. The van der Waals surface area contributed by atoms with Crippen molar-refractivity contribution in [2.75, 3.05) is 14.2 Å². The summed E-state index contributed by atoms with van der Waals surface area (Å²) in [6, 6.07) is 7.43. The van der Waals surface area contributed by atoms with Crippen LogP contribution in [0.2, 0.25) is 0 Å². The largest absolute Gasteiger partial charge is 0.463 e. The number of carbonyl (C=O) groups is 1. The summed E-state index contributed by atoms with van der Waals surface area (Å²) in [6.07, 6.45) is 3.59. The van der Waals surface area contributed by atoms with E-state index in [2.05, 4.69) is 14.6 Å². The van der Waals surface area contributed by atoms with Crippen molar-refractivity contribution in [3.8, 4) is 0 Å². The van der Waals surface area contributed by atoms with Crippen molar-refractivity contribution in [3.63, 3.8) is 0 Å². The molecule has 106 valence electrons. The number of hydrogen-bond acceptors (Lipinski definition) is 5. The molecule has 0 radical (unpaired) electrons. The molecule has 2 aromatic heterocycles. The summed E-state index contributed by atoms with van der Waals surface area (Å²) >= 11 is 0. The number of nitrogens with zero attached hydrogens (tertiary/aromatic N) is 2. The Balaban J connectivity index is 2.05. The molecule has 0 bridgehead atoms. The van der Waals surface area contributed by atoms with E-state index in [1.807, 2.05) is 32.3 Å². The lowest BCUT2D eigenvalue weighted by molar-refractivity contribution is 0.0559. The van der Waals surface area contributed by atoms with Crippen molar-refractivity contribution in [1.82, 2.24) is 9.88 Å². The maximum atomic E-state index is 11.4. The minimum absolute atomic E-state index is 0.0496. The van der Waals surface area contributed by atoms with Gasteiger partial charge in [-0.2, -0.15) is 0 Å². The van der Waals surface area contributed by atoms with E-state index in [9.17, 15) is 4.79 Å². The standard InChI is InChI=1S/C15H18N2O3/c1-11(13-6-7-14(20-13)15(18)19-3)17(2)10-12-5-4-8-16-9-12/h4-9,11H,10H2,1-3H3. The Morgan fingerprint density at radius 2 is 2.25 bits per heavy atom. The van der Waals surface area contributed by atoms with Crippen LogP contribution in [0, 0.1) is 0 Å². The van der Waals surface area contributed by atoms with Gasteiger partial charge in [0.15, 0.2) is 0 Å². The Bertz CT molecular complexity index is 566. The summed E-state index contributed by atoms with van der Waals surface area (Å²) in [5.41, 5.74) is 1.13. The van der Waals surface area contributed by atoms with E-state index in [0.29, 0.717) is 0 Å². The molecule has 0 fully saturated rings. The van der Waals surface area contributed by atoms with Crippen molar-refractivity contribution < 1.29 is 13.9 Å². The number of rotatable bonds is 5. The number of hydrogen-bond donors (Lipinski definition) is 0. The van der Waals surface area contributed by atoms with Crippen LogP contribution in [0.25, 0.3) is 0 Å². The van der Waals surface area contributed by atoms with Gasteiger partial charge < -0.3 is 9.15 Å². The molecule has 0 spiro atoms. The molecule has 1 unspecified atom stereocenters. The molecular weight excluding hydrogens is 256 g/mol. The number of aromatic nitrogens is 1. The van der Waals surface area contributed by atoms with Crippen LogP contribution in [-0.4, -0.2) is 30.0 Å². The highest BCUT2D eigenvalue weighted by Gasteiger charge is 2.18. The van der Waals surface area contributed by atoms with Crippen LogP contribution in [0.15, 0.2) is 41.1 Å². The SMILES string of the molecule is COC(=O)c1ccc(C(C)N(C)Cc2cccnc2)o1. The van der Waals surface area contributed by atoms with Crippen molar-refractivity contribution in [2.24, 2.45) is 0 Å². The highest BCUT2D eigenvalue weighted by molar-refractivity contribution is 5.86. The first kappa shape index (κ1) is 14.3. The highest BCUT2D eigenvalue weighted by Crippen LogP contribution is 2.23. The lowest BCUT2D eigenvalue weighted by Gasteiger charge is -2.22. The molecule has 5 nitrogen and oxygen atoms in total. The van der Waals surface area contributed by atoms with Crippen LogP contribution >= 0.6 is 0 Å². The van der Waals surface area contributed by atoms with Crippen LogP contribution in [0.4, 0.5) is 0 Å². The van der Waals surface area contributed by atoms with E-state index in [4.69, 9.17) is 4.42 Å². The first-order valence-corrected chi connectivity index (χ1v) is 6.39. The number of esters is 1. The van der Waals surface area contributed by atoms with Gasteiger partial charge in [-0.1, -0.05) is 6.07 Å². The number of methoxy groups -OCH3 is 1. The van der Waals surface area contributed by atoms with Crippen LogP contribution in [-0.2, 0) is 11.3 Å². The van der Waals surface area contributed by atoms with E-state index >= 15 is 0 Å². The predicted molar refractivity (Wildman–Crippen MR) is 74.2 cm³/mol. The van der Waals surface area contributed by atoms with Crippen LogP contribution < -0.4 is 0 Å². The molecule has 0 aliphatic heterocycles. The van der Waals surface area contributed by atoms with E-state index in [-0.39, 0.29) is 11.8 Å². The smallest absolute Gasteiger partial charge is 0.373 e. The third kappa shape index (κ3) is 3.24. The molecule has 0 N–H and O–H groups in total. The summed E-state index contributed by atoms with van der Waals surface area (Å²) in [7, 11) is 3.33. The molecule has 2 aromatic rings. The first-order valence-electron chi connectivity index (χ1n) is 6.39. The van der Waals surface area contributed by atoms with Gasteiger partial charge in [-0.15, -0.1) is 0 Å². The van der Waals surface area contributed by atoms with Crippen molar-refractivity contribution in [1.29, 1.82) is 0 Å². The second kappa shape index (κ2) is 6.34. The second-order valence-electron chi connectivity index (χ2n) is 4.65. The van der Waals surface area contributed by atoms with Gasteiger partial charge in [-0.25, -0.2) is 4.79 Å². The first-order chi connectivity index (χ1) is 9.61. The van der Waals surface area contributed by atoms with Gasteiger partial charge in [-0.05, 0) is 37.7 Å². The van der Waals surface area contributed by atoms with Gasteiger partial charge >= 0.3 is 5.97 Å². The zero-order valence-electron chi connectivity index (χ0n) is 11.9. The topological polar surface area (TPSA) is 55.6 Å². The van der Waals surface area contributed by atoms with Crippen LogP contribution in [0.5, 0.6) is 0 Å². The van der Waals surface area contributed by atoms with Crippen molar-refractivity contribution >= 4 is 5.97 Å². The predicted octanol–water partition coefficient (Wildman–Crippen LogP) is 2.65. The van der Waals surface area contributed by atoms with E-state index in [0.717, 1.165) is 17.9 Å². The second-order valence-corrected chi connectivity index (χ2v) is 4.65. The molecule has 0 saturated carbocycles. The van der Waals surface area contributed by atoms with Crippen molar-refractivity contribution in [2.45, 2.75) is 19.5 Å². The zero-order valence-corrected chi connectivity index (χ0v) is 11.9. The van der Waals surface area contributed by atoms with Crippen molar-refractivity contribution in [3.05, 3.63) is 53.7 Å². The Morgan fingerprint density at radius 1 is 1.45 bits per heavy atom. The molecule has 1 atom stereocenters. The lowest BCUT2D eigenvalue weighted by atomic mass is 10.2. The van der Waals surface area contributed by atoms with Gasteiger partial charge in [0, 0.05) is 18.9 Å². The highest BCUT2D eigenvalue weighted by atomic mass is 16.5. The molecule has 20 heavy (non-hydrogen) atoms. The van der Waals surface area contributed by atoms with E-state index < -0.39 is 5.97 Å². The summed E-state index contributed by atoms with van der Waals surface area (Å²) in [5.74, 6) is 0.499. The number of carbonyl (C=O) groups excluding carboxylic acids is 1. The molecule has 5 heteroatoms. The Morgan fingerprint density at radius 3 is 2.90 bits per heavy atom. The number of furan rings is 1. The Kier molecular flexibility index (Phi) is 4.53. The van der Waals surface area contributed by atoms with E-state index in [1.54, 1.807) is 18.3 Å². The fraction of sp³-hybridized carbons (Fsp3) is 0.333. The normalized spacial score (nSPS) is 12.4. The summed E-state index contributed by atoms with van der Waals surface area (Å²) in [5, 5.41) is 0. The summed E-state index contributed by atoms with van der Waals surface area (Å²) < 4.78 is 10.2. The van der Waals surface area contributed by atoms with Gasteiger partial charge in [-0.3, -0.25) is 9.88 Å². The molecule has 0 aliphatic carbocycles. The minimum Gasteiger partial charge on any atom is -0.463 e. The zero-order chi connectivity index (χ0) is 14.5. The molecule has 0 aromatic carbocycles. The number of pyridine rings is 1. The molecule has 0 saturated heterocycles. The van der Waals surface area contributed by atoms with E-state index in [1.165, 1.54) is 7.11 Å². The molecule has 0 amide bonds. The van der Waals surface area contributed by atoms with Gasteiger partial charge in [0.2, 0.25) is 5.76 Å². The molecule has 2 heterocycles. The quantitative estimate of drug-likeness (QED) is 0.784. The maximum Gasteiger partial charge on any atom is 0.373 e. The van der Waals surface area contributed by atoms with Gasteiger partial charge in [0.25, 0.3) is 0 Å². The number of ether oxygens (including phenoxy) is 1. The summed E-state index contributed by atoms with van der Waals surface area (Å²) in [6.45, 7) is 2.78. The lowest BCUT2D eigenvalue weighted by Crippen LogP contribution is -2.21. The Labute approximate surface area is 118 Å². The molecule has 0 aliphatic rings. The minimum atomic E-state index is -0.460. The fourth-order valence-electron chi connectivity index (χ4n) is 1.92. The third-order valence-electron chi connectivity index (χ3n) is 3.24. The molecule has 2 rings (SSSR count). The monoisotopic (exact) mass is 274 g/mol. The van der Waals surface area contributed by atoms with Crippen LogP contribution in [0.1, 0.15) is 34.8 Å². The fourth-order valence-corrected chi connectivity index (χ4v) is 1.92. The van der Waals surface area contributed by atoms with Gasteiger partial charge in [0.05, 0.1) is 13.2 Å². The average Bonchev–Trinajstić information content (AvgIpc) is 2.96. The third-order valence-corrected chi connectivity index (χ3v) is 3.24. The van der Waals surface area contributed by atoms with Crippen LogP contribution in [0.3, 0.4) is 0 Å². The summed E-state index contributed by atoms with van der Waals surface area (Å²) in [4.78, 5) is 17.6. The van der Waals surface area contributed by atoms with Gasteiger partial charge in [0.1, 0.15) is 5.76 Å². The molecular formula is C15H18N2O3. The average molecular weight is 274 g/mol. The maximum absolute atomic E-state index is 11.4.